The summed E-state index contributed by atoms with van der Waals surface area (Å²) >= 11 is 1.39. The van der Waals surface area contributed by atoms with Crippen LogP contribution in [0.2, 0.25) is 0 Å². The van der Waals surface area contributed by atoms with E-state index in [9.17, 15) is 9.90 Å². The summed E-state index contributed by atoms with van der Waals surface area (Å²) in [5, 5.41) is 11.8. The number of hydrogen-bond donors (Lipinski definition) is 1. The van der Waals surface area contributed by atoms with Gasteiger partial charge in [-0.2, -0.15) is 0 Å². The first kappa shape index (κ1) is 16.3. The van der Waals surface area contributed by atoms with Gasteiger partial charge in [-0.15, -0.1) is 11.3 Å². The molecule has 0 aliphatic rings. The van der Waals surface area contributed by atoms with Crippen LogP contribution in [0.3, 0.4) is 0 Å². The maximum atomic E-state index is 13.1. The van der Waals surface area contributed by atoms with Crippen molar-refractivity contribution in [3.8, 4) is 11.4 Å². The first-order valence-electron chi connectivity index (χ1n) is 8.17. The Morgan fingerprint density at radius 1 is 1.04 bits per heavy atom. The molecule has 0 radical (unpaired) electrons. The Kier molecular flexibility index (Phi) is 4.14. The van der Waals surface area contributed by atoms with Crippen molar-refractivity contribution < 1.29 is 5.11 Å². The first-order valence-corrected chi connectivity index (χ1v) is 9.05. The fourth-order valence-electron chi connectivity index (χ4n) is 2.88. The van der Waals surface area contributed by atoms with Gasteiger partial charge in [0.2, 0.25) is 0 Å². The van der Waals surface area contributed by atoms with E-state index in [2.05, 4.69) is 4.98 Å². The van der Waals surface area contributed by atoms with E-state index in [-0.39, 0.29) is 11.3 Å². The third-order valence-corrected chi connectivity index (χ3v) is 5.10. The second-order valence-electron chi connectivity index (χ2n) is 5.92. The molecule has 0 amide bonds. The van der Waals surface area contributed by atoms with Gasteiger partial charge in [-0.05, 0) is 48.2 Å². The molecule has 2 aromatic heterocycles. The Morgan fingerprint density at radius 2 is 1.81 bits per heavy atom. The van der Waals surface area contributed by atoms with Crippen molar-refractivity contribution in [2.45, 2.75) is 6.92 Å². The molecule has 2 aromatic carbocycles. The second-order valence-corrected chi connectivity index (χ2v) is 6.84. The fraction of sp³-hybridized carbons (Fsp3) is 0.0476. The van der Waals surface area contributed by atoms with Gasteiger partial charge in [-0.25, -0.2) is 4.98 Å². The number of para-hydroxylation sites is 2. The number of aromatic hydroxyl groups is 1. The number of nitrogens with zero attached hydrogens (tertiary/aromatic N) is 2. The molecule has 26 heavy (non-hydrogen) atoms. The zero-order chi connectivity index (χ0) is 18.1. The fourth-order valence-corrected chi connectivity index (χ4v) is 3.64. The van der Waals surface area contributed by atoms with Crippen LogP contribution in [0.5, 0.6) is 5.75 Å². The minimum Gasteiger partial charge on any atom is -0.507 e. The highest BCUT2D eigenvalue weighted by atomic mass is 32.1. The van der Waals surface area contributed by atoms with E-state index in [4.69, 9.17) is 0 Å². The van der Waals surface area contributed by atoms with Crippen LogP contribution < -0.4 is 5.56 Å². The Balaban J connectivity index is 1.96. The van der Waals surface area contributed by atoms with E-state index in [1.54, 1.807) is 28.9 Å². The summed E-state index contributed by atoms with van der Waals surface area (Å²) in [6, 6.07) is 16.6. The predicted octanol–water partition coefficient (Wildman–Crippen LogP) is 4.63. The van der Waals surface area contributed by atoms with Gasteiger partial charge in [0, 0.05) is 5.56 Å². The van der Waals surface area contributed by atoms with Gasteiger partial charge >= 0.3 is 0 Å². The molecule has 1 N–H and O–H groups in total. The third-order valence-electron chi connectivity index (χ3n) is 4.21. The maximum absolute atomic E-state index is 13.1. The highest BCUT2D eigenvalue weighted by molar-refractivity contribution is 7.17. The van der Waals surface area contributed by atoms with Gasteiger partial charge in [-0.3, -0.25) is 9.36 Å². The van der Waals surface area contributed by atoms with Crippen molar-refractivity contribution in [1.82, 2.24) is 9.55 Å². The smallest absolute Gasteiger partial charge is 0.276 e. The SMILES string of the molecule is Cc1ccccc1-n1c(/C=C/c2ccccc2O)nc2ccsc2c1=O. The minimum absolute atomic E-state index is 0.0868. The molecule has 5 heteroatoms. The molecule has 0 atom stereocenters. The number of rotatable bonds is 3. The van der Waals surface area contributed by atoms with Crippen LogP contribution in [0, 0.1) is 6.92 Å². The van der Waals surface area contributed by atoms with E-state index in [1.807, 2.05) is 54.8 Å². The monoisotopic (exact) mass is 360 g/mol. The first-order chi connectivity index (χ1) is 12.6. The molecular formula is C21H16N2O2S. The van der Waals surface area contributed by atoms with E-state index < -0.39 is 0 Å². The molecule has 0 aliphatic heterocycles. The zero-order valence-corrected chi connectivity index (χ0v) is 14.9. The summed E-state index contributed by atoms with van der Waals surface area (Å²) in [6.07, 6.45) is 3.53. The van der Waals surface area contributed by atoms with E-state index in [0.717, 1.165) is 11.3 Å². The van der Waals surface area contributed by atoms with Crippen molar-refractivity contribution >= 4 is 33.7 Å². The van der Waals surface area contributed by atoms with Gasteiger partial charge in [0.05, 0.1) is 11.2 Å². The summed E-state index contributed by atoms with van der Waals surface area (Å²) in [5.74, 6) is 0.712. The van der Waals surface area contributed by atoms with Gasteiger partial charge in [-0.1, -0.05) is 36.4 Å². The molecule has 4 rings (SSSR count). The average molecular weight is 360 g/mol. The maximum Gasteiger partial charge on any atom is 0.276 e. The number of aromatic nitrogens is 2. The number of benzene rings is 2. The molecule has 2 heterocycles. The van der Waals surface area contributed by atoms with Crippen LogP contribution in [0.25, 0.3) is 28.1 Å². The molecular weight excluding hydrogens is 344 g/mol. The zero-order valence-electron chi connectivity index (χ0n) is 14.1. The van der Waals surface area contributed by atoms with Crippen LogP contribution in [-0.4, -0.2) is 14.7 Å². The van der Waals surface area contributed by atoms with Gasteiger partial charge in [0.15, 0.2) is 0 Å². The van der Waals surface area contributed by atoms with Crippen molar-refractivity contribution in [1.29, 1.82) is 0 Å². The minimum atomic E-state index is -0.0868. The molecule has 0 spiro atoms. The van der Waals surface area contributed by atoms with Gasteiger partial charge < -0.3 is 5.11 Å². The van der Waals surface area contributed by atoms with Crippen LogP contribution in [0.1, 0.15) is 17.0 Å². The summed E-state index contributed by atoms with van der Waals surface area (Å²) in [4.78, 5) is 17.8. The number of aryl methyl sites for hydroxylation is 1. The molecule has 0 fully saturated rings. The lowest BCUT2D eigenvalue weighted by molar-refractivity contribution is 0.474. The Bertz CT molecular complexity index is 1190. The Labute approximate surface area is 154 Å². The lowest BCUT2D eigenvalue weighted by Gasteiger charge is -2.12. The van der Waals surface area contributed by atoms with Crippen molar-refractivity contribution in [2.75, 3.05) is 0 Å². The predicted molar refractivity (Wildman–Crippen MR) is 107 cm³/mol. The van der Waals surface area contributed by atoms with Crippen LogP contribution in [0.15, 0.2) is 64.8 Å². The van der Waals surface area contributed by atoms with E-state index in [0.29, 0.717) is 21.6 Å². The molecule has 0 saturated heterocycles. The molecule has 0 saturated carbocycles. The number of phenolic OH excluding ortho intramolecular Hbond substituents is 1. The summed E-state index contributed by atoms with van der Waals surface area (Å²) in [6.45, 7) is 1.97. The molecule has 4 nitrogen and oxygen atoms in total. The van der Waals surface area contributed by atoms with E-state index in [1.165, 1.54) is 11.3 Å². The largest absolute Gasteiger partial charge is 0.507 e. The molecule has 0 bridgehead atoms. The Hall–Kier alpha value is -3.18. The Morgan fingerprint density at radius 3 is 2.62 bits per heavy atom. The second kappa shape index (κ2) is 6.61. The highest BCUT2D eigenvalue weighted by Crippen LogP contribution is 2.22. The quantitative estimate of drug-likeness (QED) is 0.579. The molecule has 4 aromatic rings. The van der Waals surface area contributed by atoms with Gasteiger partial charge in [0.1, 0.15) is 16.3 Å². The standard InChI is InChI=1S/C21H16N2O2S/c1-14-6-2-4-8-17(14)23-19(11-10-15-7-3-5-9-18(15)24)22-16-12-13-26-20(16)21(23)25/h2-13,24H,1H3/b11-10+. The number of thiophene rings is 1. The van der Waals surface area contributed by atoms with Crippen molar-refractivity contribution in [2.24, 2.45) is 0 Å². The van der Waals surface area contributed by atoms with Crippen LogP contribution in [0.4, 0.5) is 0 Å². The summed E-state index contributed by atoms with van der Waals surface area (Å²) in [5.41, 5.74) is 3.06. The topological polar surface area (TPSA) is 55.1 Å². The third kappa shape index (κ3) is 2.82. The summed E-state index contributed by atoms with van der Waals surface area (Å²) < 4.78 is 2.26. The van der Waals surface area contributed by atoms with Crippen LogP contribution in [-0.2, 0) is 0 Å². The van der Waals surface area contributed by atoms with Crippen LogP contribution >= 0.6 is 11.3 Å². The lowest BCUT2D eigenvalue weighted by atomic mass is 10.1. The number of hydrogen-bond acceptors (Lipinski definition) is 4. The van der Waals surface area contributed by atoms with Crippen molar-refractivity contribution in [3.05, 3.63) is 87.3 Å². The normalized spacial score (nSPS) is 11.4. The number of fused-ring (bicyclic) bond motifs is 1. The summed E-state index contributed by atoms with van der Waals surface area (Å²) in [7, 11) is 0. The average Bonchev–Trinajstić information content (AvgIpc) is 3.11. The lowest BCUT2D eigenvalue weighted by Crippen LogP contribution is -2.22. The van der Waals surface area contributed by atoms with Crippen molar-refractivity contribution in [3.63, 3.8) is 0 Å². The molecule has 0 aliphatic carbocycles. The highest BCUT2D eigenvalue weighted by Gasteiger charge is 2.13. The number of phenols is 1. The molecule has 0 unspecified atom stereocenters. The van der Waals surface area contributed by atoms with Gasteiger partial charge in [0.25, 0.3) is 5.56 Å². The van der Waals surface area contributed by atoms with E-state index >= 15 is 0 Å². The molecule has 128 valence electrons.